The van der Waals surface area contributed by atoms with Gasteiger partial charge in [-0.2, -0.15) is 0 Å². The van der Waals surface area contributed by atoms with E-state index in [9.17, 15) is 4.39 Å². The van der Waals surface area contributed by atoms with Gasteiger partial charge in [0.1, 0.15) is 11.6 Å². The molecule has 1 aliphatic heterocycles. The third kappa shape index (κ3) is 3.83. The summed E-state index contributed by atoms with van der Waals surface area (Å²) in [6, 6.07) is 2.96. The van der Waals surface area contributed by atoms with Gasteiger partial charge in [0.05, 0.1) is 34.9 Å². The lowest BCUT2D eigenvalue weighted by Crippen LogP contribution is -2.41. The first-order valence-electron chi connectivity index (χ1n) is 9.87. The normalized spacial score (nSPS) is 19.5. The highest BCUT2D eigenvalue weighted by Crippen LogP contribution is 2.37. The minimum Gasteiger partial charge on any atom is -0.399 e. The van der Waals surface area contributed by atoms with Gasteiger partial charge in [0, 0.05) is 24.7 Å². The van der Waals surface area contributed by atoms with Crippen LogP contribution in [-0.2, 0) is 20.6 Å². The Labute approximate surface area is 166 Å². The number of halogens is 1. The maximum absolute atomic E-state index is 14.4. The van der Waals surface area contributed by atoms with Gasteiger partial charge < -0.3 is 23.9 Å². The number of aryl methyl sites for hydroxylation is 1. The average molecular weight is 391 g/mol. The molecule has 1 saturated heterocycles. The Morgan fingerprint density at radius 2 is 1.89 bits per heavy atom. The molecular formula is C20H31BFN3O3. The van der Waals surface area contributed by atoms with Crippen LogP contribution in [0.2, 0.25) is 0 Å². The Hall–Kier alpha value is -1.48. The lowest BCUT2D eigenvalue weighted by atomic mass is 9.78. The zero-order valence-corrected chi connectivity index (χ0v) is 17.9. The molecule has 154 valence electrons. The van der Waals surface area contributed by atoms with Gasteiger partial charge in [-0.1, -0.05) is 0 Å². The number of rotatable bonds is 7. The van der Waals surface area contributed by atoms with Crippen LogP contribution in [0.15, 0.2) is 12.1 Å². The molecule has 1 fully saturated rings. The van der Waals surface area contributed by atoms with Gasteiger partial charge >= 0.3 is 7.12 Å². The summed E-state index contributed by atoms with van der Waals surface area (Å²) in [5, 5.41) is 3.16. The molecule has 0 bridgehead atoms. The van der Waals surface area contributed by atoms with E-state index in [1.54, 1.807) is 0 Å². The van der Waals surface area contributed by atoms with Crippen molar-refractivity contribution in [2.24, 2.45) is 0 Å². The molecule has 8 heteroatoms. The number of hydrogen-bond donors (Lipinski definition) is 1. The fourth-order valence-electron chi connectivity index (χ4n) is 3.60. The summed E-state index contributed by atoms with van der Waals surface area (Å²) in [7, 11) is 1.24. The second-order valence-corrected chi connectivity index (χ2v) is 8.36. The van der Waals surface area contributed by atoms with Crippen LogP contribution < -0.4 is 10.8 Å². The lowest BCUT2D eigenvalue weighted by Gasteiger charge is -2.32. The van der Waals surface area contributed by atoms with Crippen molar-refractivity contribution in [2.75, 3.05) is 20.2 Å². The Balaban J connectivity index is 2.08. The molecule has 1 unspecified atom stereocenters. The van der Waals surface area contributed by atoms with E-state index < -0.39 is 18.3 Å². The monoisotopic (exact) mass is 391 g/mol. The van der Waals surface area contributed by atoms with Crippen molar-refractivity contribution in [3.8, 4) is 0 Å². The fourth-order valence-corrected chi connectivity index (χ4v) is 3.60. The third-order valence-corrected chi connectivity index (χ3v) is 5.75. The molecule has 0 aliphatic carbocycles. The summed E-state index contributed by atoms with van der Waals surface area (Å²) < 4.78 is 34.7. The smallest absolute Gasteiger partial charge is 0.399 e. The minimum atomic E-state index is -0.659. The summed E-state index contributed by atoms with van der Waals surface area (Å²) in [5.74, 6) is 0.456. The molecule has 2 heterocycles. The summed E-state index contributed by atoms with van der Waals surface area (Å²) in [6.45, 7) is 13.8. The van der Waals surface area contributed by atoms with E-state index in [-0.39, 0.29) is 11.9 Å². The second-order valence-electron chi connectivity index (χ2n) is 8.36. The number of benzene rings is 1. The first-order chi connectivity index (χ1) is 13.1. The Bertz CT molecular complexity index is 831. The molecule has 1 aromatic carbocycles. The second kappa shape index (κ2) is 7.74. The van der Waals surface area contributed by atoms with Crippen molar-refractivity contribution in [1.82, 2.24) is 14.9 Å². The first-order valence-corrected chi connectivity index (χ1v) is 9.87. The van der Waals surface area contributed by atoms with Crippen LogP contribution in [0, 0.1) is 12.7 Å². The summed E-state index contributed by atoms with van der Waals surface area (Å²) in [5.41, 5.74) is 1.08. The molecule has 6 nitrogen and oxygen atoms in total. The van der Waals surface area contributed by atoms with E-state index >= 15 is 0 Å². The Kier molecular flexibility index (Phi) is 5.87. The molecule has 1 N–H and O–H groups in total. The lowest BCUT2D eigenvalue weighted by molar-refractivity contribution is 0.00578. The van der Waals surface area contributed by atoms with Crippen LogP contribution in [0.3, 0.4) is 0 Å². The molecule has 28 heavy (non-hydrogen) atoms. The topological polar surface area (TPSA) is 57.5 Å². The highest BCUT2D eigenvalue weighted by molar-refractivity contribution is 6.65. The molecule has 3 rings (SSSR count). The van der Waals surface area contributed by atoms with Crippen molar-refractivity contribution >= 4 is 23.6 Å². The molecule has 1 aliphatic rings. The largest absolute Gasteiger partial charge is 0.497 e. The Morgan fingerprint density at radius 1 is 1.25 bits per heavy atom. The van der Waals surface area contributed by atoms with Gasteiger partial charge in [0.15, 0.2) is 0 Å². The van der Waals surface area contributed by atoms with Gasteiger partial charge in [-0.05, 0) is 54.7 Å². The van der Waals surface area contributed by atoms with Gasteiger partial charge in [0.2, 0.25) is 0 Å². The van der Waals surface area contributed by atoms with Crippen LogP contribution in [0.1, 0.15) is 40.4 Å². The quantitative estimate of drug-likeness (QED) is 0.735. The van der Waals surface area contributed by atoms with Crippen molar-refractivity contribution in [2.45, 2.75) is 65.4 Å². The van der Waals surface area contributed by atoms with Crippen molar-refractivity contribution < 1.29 is 18.4 Å². The SMILES string of the molecule is CCOC(CNC)Cn1c(C)nc2cc(F)cc(B3OC(C)(C)C(C)(C)O3)c21. The van der Waals surface area contributed by atoms with E-state index in [0.29, 0.717) is 30.7 Å². The van der Waals surface area contributed by atoms with Crippen molar-refractivity contribution in [1.29, 1.82) is 0 Å². The molecule has 0 saturated carbocycles. The number of imidazole rings is 1. The van der Waals surface area contributed by atoms with Crippen LogP contribution in [-0.4, -0.2) is 54.2 Å². The van der Waals surface area contributed by atoms with E-state index in [1.165, 1.54) is 12.1 Å². The third-order valence-electron chi connectivity index (χ3n) is 5.75. The highest BCUT2D eigenvalue weighted by atomic mass is 19.1. The number of hydrogen-bond acceptors (Lipinski definition) is 5. The summed E-state index contributed by atoms with van der Waals surface area (Å²) in [6.07, 6.45) is -0.0256. The van der Waals surface area contributed by atoms with Crippen molar-refractivity contribution in [3.05, 3.63) is 23.8 Å². The number of likely N-dealkylation sites (N-methyl/N-ethyl adjacent to an activating group) is 1. The van der Waals surface area contributed by atoms with E-state index in [1.807, 2.05) is 48.6 Å². The summed E-state index contributed by atoms with van der Waals surface area (Å²) in [4.78, 5) is 4.59. The number of ether oxygens (including phenoxy) is 1. The fraction of sp³-hybridized carbons (Fsp3) is 0.650. The maximum atomic E-state index is 14.4. The number of nitrogens with one attached hydrogen (secondary N) is 1. The number of aromatic nitrogens is 2. The van der Waals surface area contributed by atoms with Gasteiger partial charge in [-0.15, -0.1) is 0 Å². The maximum Gasteiger partial charge on any atom is 0.497 e. The molecule has 1 atom stereocenters. The van der Waals surface area contributed by atoms with Gasteiger partial charge in [-0.3, -0.25) is 0 Å². The standard InChI is InChI=1S/C20H31BFN3O3/c1-8-26-15(11-23-7)12-25-13(2)24-17-10-14(22)9-16(18(17)25)21-27-19(3,4)20(5,6)28-21/h9-10,15,23H,8,11-12H2,1-7H3. The average Bonchev–Trinajstić information content (AvgIpc) is 2.99. The van der Waals surface area contributed by atoms with Crippen molar-refractivity contribution in [3.63, 3.8) is 0 Å². The Morgan fingerprint density at radius 3 is 2.46 bits per heavy atom. The predicted octanol–water partition coefficient (Wildman–Crippen LogP) is 2.41. The van der Waals surface area contributed by atoms with Crippen LogP contribution in [0.25, 0.3) is 11.0 Å². The zero-order valence-electron chi connectivity index (χ0n) is 17.9. The number of nitrogens with zero attached hydrogens (tertiary/aromatic N) is 2. The molecule has 2 aromatic rings. The molecule has 0 spiro atoms. The minimum absolute atomic E-state index is 0.0256. The molecule has 0 amide bonds. The van der Waals surface area contributed by atoms with E-state index in [4.69, 9.17) is 14.0 Å². The molecular weight excluding hydrogens is 360 g/mol. The van der Waals surface area contributed by atoms with Crippen LogP contribution >= 0.6 is 0 Å². The number of fused-ring (bicyclic) bond motifs is 1. The predicted molar refractivity (Wildman–Crippen MR) is 109 cm³/mol. The molecule has 0 radical (unpaired) electrons. The van der Waals surface area contributed by atoms with Crippen LogP contribution in [0.4, 0.5) is 4.39 Å². The van der Waals surface area contributed by atoms with Crippen LogP contribution in [0.5, 0.6) is 0 Å². The highest BCUT2D eigenvalue weighted by Gasteiger charge is 2.52. The van der Waals surface area contributed by atoms with E-state index in [0.717, 1.165) is 11.3 Å². The zero-order chi connectivity index (χ0) is 20.7. The van der Waals surface area contributed by atoms with E-state index in [2.05, 4.69) is 14.9 Å². The summed E-state index contributed by atoms with van der Waals surface area (Å²) >= 11 is 0. The van der Waals surface area contributed by atoms with Gasteiger partial charge in [0.25, 0.3) is 0 Å². The first kappa shape index (κ1) is 21.2. The molecule has 1 aromatic heterocycles. The van der Waals surface area contributed by atoms with Gasteiger partial charge in [-0.25, -0.2) is 9.37 Å².